The maximum atomic E-state index is 11.0. The Bertz CT molecular complexity index is 431. The molecular formula is C10H7ClO6. The molecule has 1 aromatic rings. The number of carboxylic acid groups (broad SMARTS) is 2. The van der Waals surface area contributed by atoms with E-state index in [2.05, 4.69) is 0 Å². The number of carboxylic acids is 2. The molecule has 1 rings (SSSR count). The zero-order valence-electron chi connectivity index (χ0n) is 8.25. The van der Waals surface area contributed by atoms with Crippen LogP contribution < -0.4 is 0 Å². The van der Waals surface area contributed by atoms with E-state index in [1.54, 1.807) is 0 Å². The van der Waals surface area contributed by atoms with Crippen LogP contribution in [0.2, 0.25) is 0 Å². The third-order valence-electron chi connectivity index (χ3n) is 1.80. The maximum Gasteiger partial charge on any atom is 0.377 e. The second kappa shape index (κ2) is 5.76. The summed E-state index contributed by atoms with van der Waals surface area (Å²) in [5, 5.41) is 16.8. The Kier molecular flexibility index (Phi) is 5.01. The zero-order chi connectivity index (χ0) is 12.3. The zero-order valence-corrected chi connectivity index (χ0v) is 9.06. The highest BCUT2D eigenvalue weighted by atomic mass is 35.5. The van der Waals surface area contributed by atoms with Gasteiger partial charge in [0.15, 0.2) is 0 Å². The van der Waals surface area contributed by atoms with Gasteiger partial charge in [-0.25, -0.2) is 9.59 Å². The molecule has 0 atom stereocenters. The first kappa shape index (κ1) is 14.8. The average Bonchev–Trinajstić information content (AvgIpc) is 2.27. The first-order valence-electron chi connectivity index (χ1n) is 4.09. The Hall–Kier alpha value is -2.21. The number of benzene rings is 1. The highest BCUT2D eigenvalue weighted by Crippen LogP contribution is 2.06. The molecule has 0 aliphatic heterocycles. The van der Waals surface area contributed by atoms with Crippen molar-refractivity contribution >= 4 is 35.9 Å². The highest BCUT2D eigenvalue weighted by Gasteiger charge is 2.17. The number of halogens is 1. The molecule has 0 saturated heterocycles. The van der Waals surface area contributed by atoms with Gasteiger partial charge in [-0.15, -0.1) is 12.4 Å². The summed E-state index contributed by atoms with van der Waals surface area (Å²) in [6.45, 7) is 0. The van der Waals surface area contributed by atoms with E-state index in [1.807, 2.05) is 0 Å². The van der Waals surface area contributed by atoms with Gasteiger partial charge >= 0.3 is 11.9 Å². The standard InChI is InChI=1S/C10H6O6.ClH/c11-7(9(13)14)5-1-2-6(4-3-5)8(12)10(15)16;/h1-4H,(H,13,14)(H,15,16);1H. The predicted molar refractivity (Wildman–Crippen MR) is 57.6 cm³/mol. The molecule has 17 heavy (non-hydrogen) atoms. The van der Waals surface area contributed by atoms with E-state index in [0.717, 1.165) is 24.3 Å². The lowest BCUT2D eigenvalue weighted by molar-refractivity contribution is -0.132. The maximum absolute atomic E-state index is 11.0. The van der Waals surface area contributed by atoms with Crippen molar-refractivity contribution in [2.45, 2.75) is 0 Å². The van der Waals surface area contributed by atoms with Crippen LogP contribution in [-0.4, -0.2) is 33.7 Å². The Morgan fingerprint density at radius 2 is 0.941 bits per heavy atom. The number of carbonyl (C=O) groups is 4. The third-order valence-corrected chi connectivity index (χ3v) is 1.80. The number of rotatable bonds is 4. The molecule has 0 unspecified atom stereocenters. The third kappa shape index (κ3) is 3.39. The SMILES string of the molecule is Cl.O=C(O)C(=O)c1ccc(C(=O)C(=O)O)cc1. The molecule has 6 nitrogen and oxygen atoms in total. The number of Topliss-reactive ketones (excluding diaryl/α,β-unsaturated/α-hetero) is 2. The van der Waals surface area contributed by atoms with Gasteiger partial charge in [0, 0.05) is 11.1 Å². The first-order chi connectivity index (χ1) is 7.43. The molecule has 0 radical (unpaired) electrons. The minimum absolute atomic E-state index is 0. The molecule has 0 bridgehead atoms. The van der Waals surface area contributed by atoms with E-state index >= 15 is 0 Å². The van der Waals surface area contributed by atoms with Crippen LogP contribution in [0, 0.1) is 0 Å². The minimum Gasteiger partial charge on any atom is -0.475 e. The van der Waals surface area contributed by atoms with Crippen molar-refractivity contribution in [2.75, 3.05) is 0 Å². The van der Waals surface area contributed by atoms with E-state index in [-0.39, 0.29) is 23.5 Å². The summed E-state index contributed by atoms with van der Waals surface area (Å²) in [5.41, 5.74) is -0.233. The fraction of sp³-hybridized carbons (Fsp3) is 0. The second-order valence-corrected chi connectivity index (χ2v) is 2.85. The Morgan fingerprint density at radius 1 is 0.706 bits per heavy atom. The van der Waals surface area contributed by atoms with Crippen LogP contribution in [0.15, 0.2) is 24.3 Å². The number of hydrogen-bond acceptors (Lipinski definition) is 4. The Morgan fingerprint density at radius 3 is 1.12 bits per heavy atom. The lowest BCUT2D eigenvalue weighted by Crippen LogP contribution is -2.15. The van der Waals surface area contributed by atoms with Gasteiger partial charge in [-0.2, -0.15) is 0 Å². The van der Waals surface area contributed by atoms with E-state index in [4.69, 9.17) is 10.2 Å². The van der Waals surface area contributed by atoms with Crippen molar-refractivity contribution in [1.29, 1.82) is 0 Å². The average molecular weight is 259 g/mol. The molecular weight excluding hydrogens is 252 g/mol. The lowest BCUT2D eigenvalue weighted by Gasteiger charge is -1.98. The molecule has 1 aromatic carbocycles. The van der Waals surface area contributed by atoms with Crippen molar-refractivity contribution in [3.63, 3.8) is 0 Å². The van der Waals surface area contributed by atoms with Crippen LogP contribution in [-0.2, 0) is 9.59 Å². The molecule has 0 aromatic heterocycles. The Labute approximate surface area is 101 Å². The molecule has 0 saturated carbocycles. The lowest BCUT2D eigenvalue weighted by atomic mass is 10.1. The highest BCUT2D eigenvalue weighted by molar-refractivity contribution is 6.41. The van der Waals surface area contributed by atoms with Crippen molar-refractivity contribution in [2.24, 2.45) is 0 Å². The number of aliphatic carboxylic acids is 2. The van der Waals surface area contributed by atoms with Gasteiger partial charge in [0.2, 0.25) is 0 Å². The van der Waals surface area contributed by atoms with Crippen molar-refractivity contribution in [3.05, 3.63) is 35.4 Å². The normalized spacial score (nSPS) is 8.94. The summed E-state index contributed by atoms with van der Waals surface area (Å²) < 4.78 is 0. The first-order valence-corrected chi connectivity index (χ1v) is 4.09. The van der Waals surface area contributed by atoms with Gasteiger partial charge in [-0.3, -0.25) is 9.59 Å². The van der Waals surface area contributed by atoms with Crippen LogP contribution >= 0.6 is 12.4 Å². The van der Waals surface area contributed by atoms with Gasteiger partial charge < -0.3 is 10.2 Å². The van der Waals surface area contributed by atoms with Gasteiger partial charge in [0.05, 0.1) is 0 Å². The monoisotopic (exact) mass is 258 g/mol. The van der Waals surface area contributed by atoms with Crippen LogP contribution in [0.3, 0.4) is 0 Å². The summed E-state index contributed by atoms with van der Waals surface area (Å²) in [5.74, 6) is -5.46. The summed E-state index contributed by atoms with van der Waals surface area (Å²) in [6.07, 6.45) is 0. The van der Waals surface area contributed by atoms with Crippen LogP contribution in [0.4, 0.5) is 0 Å². The smallest absolute Gasteiger partial charge is 0.377 e. The molecule has 90 valence electrons. The summed E-state index contributed by atoms with van der Waals surface area (Å²) in [4.78, 5) is 42.5. The molecule has 2 N–H and O–H groups in total. The molecule has 0 amide bonds. The van der Waals surface area contributed by atoms with E-state index in [0.29, 0.717) is 0 Å². The molecule has 0 spiro atoms. The van der Waals surface area contributed by atoms with Crippen LogP contribution in [0.1, 0.15) is 20.7 Å². The van der Waals surface area contributed by atoms with E-state index in [1.165, 1.54) is 0 Å². The second-order valence-electron chi connectivity index (χ2n) is 2.85. The summed E-state index contributed by atoms with van der Waals surface area (Å²) >= 11 is 0. The van der Waals surface area contributed by atoms with Gasteiger partial charge in [-0.05, 0) is 0 Å². The van der Waals surface area contributed by atoms with Crippen molar-refractivity contribution < 1.29 is 29.4 Å². The van der Waals surface area contributed by atoms with Crippen molar-refractivity contribution in [3.8, 4) is 0 Å². The number of hydrogen-bond donors (Lipinski definition) is 2. The molecule has 0 aliphatic carbocycles. The molecule has 0 aliphatic rings. The number of carbonyl (C=O) groups excluding carboxylic acids is 2. The largest absolute Gasteiger partial charge is 0.475 e. The fourth-order valence-electron chi connectivity index (χ4n) is 1.02. The topological polar surface area (TPSA) is 109 Å². The predicted octanol–water partition coefficient (Wildman–Crippen LogP) is 0.643. The van der Waals surface area contributed by atoms with Gasteiger partial charge in [0.1, 0.15) is 0 Å². The summed E-state index contributed by atoms with van der Waals surface area (Å²) in [6, 6.07) is 4.36. The van der Waals surface area contributed by atoms with Crippen molar-refractivity contribution in [1.82, 2.24) is 0 Å². The number of ketones is 2. The van der Waals surface area contributed by atoms with E-state index in [9.17, 15) is 19.2 Å². The van der Waals surface area contributed by atoms with Gasteiger partial charge in [-0.1, -0.05) is 24.3 Å². The quantitative estimate of drug-likeness (QED) is 0.606. The Balaban J connectivity index is 0.00000256. The fourth-order valence-corrected chi connectivity index (χ4v) is 1.02. The minimum atomic E-state index is -1.61. The van der Waals surface area contributed by atoms with Crippen LogP contribution in [0.5, 0.6) is 0 Å². The summed E-state index contributed by atoms with van der Waals surface area (Å²) in [7, 11) is 0. The molecule has 0 heterocycles. The van der Waals surface area contributed by atoms with Gasteiger partial charge in [0.25, 0.3) is 11.6 Å². The van der Waals surface area contributed by atoms with Crippen LogP contribution in [0.25, 0.3) is 0 Å². The molecule has 0 fully saturated rings. The molecule has 7 heteroatoms. The van der Waals surface area contributed by atoms with E-state index < -0.39 is 23.5 Å².